The Labute approximate surface area is 222 Å². The number of pyridine rings is 1. The third-order valence-corrected chi connectivity index (χ3v) is 8.10. The predicted octanol–water partition coefficient (Wildman–Crippen LogP) is 4.22. The molecule has 0 spiro atoms. The number of ether oxygens (including phenoxy) is 1. The van der Waals surface area contributed by atoms with Crippen molar-refractivity contribution in [2.75, 3.05) is 24.6 Å². The molecule has 3 heterocycles. The van der Waals surface area contributed by atoms with Gasteiger partial charge in [-0.3, -0.25) is 23.9 Å². The number of nitriles is 1. The molecule has 1 aromatic rings. The van der Waals surface area contributed by atoms with Crippen LogP contribution in [-0.2, 0) is 20.9 Å². The summed E-state index contributed by atoms with van der Waals surface area (Å²) in [5.41, 5.74) is 0.884. The molecule has 1 amide bonds. The molecule has 3 rings (SSSR count). The van der Waals surface area contributed by atoms with Crippen molar-refractivity contribution in [1.29, 1.82) is 5.26 Å². The number of anilines is 1. The number of hydrogen-bond donors (Lipinski definition) is 0. The maximum atomic E-state index is 13.4. The molecule has 194 valence electrons. The summed E-state index contributed by atoms with van der Waals surface area (Å²) in [6.45, 7) is 11.3. The summed E-state index contributed by atoms with van der Waals surface area (Å²) < 4.78 is 7.41. The molecule has 1 aromatic heterocycles. The zero-order chi connectivity index (χ0) is 26.6. The fourth-order valence-corrected chi connectivity index (χ4v) is 6.16. The van der Waals surface area contributed by atoms with E-state index in [1.54, 1.807) is 29.4 Å². The van der Waals surface area contributed by atoms with E-state index in [1.807, 2.05) is 25.7 Å². The van der Waals surface area contributed by atoms with Crippen LogP contribution in [0, 0.1) is 24.2 Å². The Bertz CT molecular complexity index is 1180. The number of esters is 1. The van der Waals surface area contributed by atoms with Gasteiger partial charge < -0.3 is 9.64 Å². The van der Waals surface area contributed by atoms with Gasteiger partial charge >= 0.3 is 5.97 Å². The van der Waals surface area contributed by atoms with E-state index in [0.29, 0.717) is 65.3 Å². The Balaban J connectivity index is 2.21. The molecule has 2 aliphatic heterocycles. The minimum Gasteiger partial charge on any atom is -0.466 e. The Kier molecular flexibility index (Phi) is 9.36. The van der Waals surface area contributed by atoms with Crippen LogP contribution in [-0.4, -0.2) is 51.4 Å². The second-order valence-electron chi connectivity index (χ2n) is 9.15. The number of thiocarbonyl (C=S) groups is 1. The van der Waals surface area contributed by atoms with E-state index in [1.165, 1.54) is 11.8 Å². The lowest BCUT2D eigenvalue weighted by Gasteiger charge is -2.36. The fourth-order valence-electron chi connectivity index (χ4n) is 4.71. The van der Waals surface area contributed by atoms with Crippen LogP contribution >= 0.6 is 24.0 Å². The second-order valence-corrected chi connectivity index (χ2v) is 10.8. The van der Waals surface area contributed by atoms with Gasteiger partial charge in [-0.25, -0.2) is 0 Å². The minimum absolute atomic E-state index is 0.0277. The summed E-state index contributed by atoms with van der Waals surface area (Å²) in [6, 6.07) is 2.05. The standard InChI is InChI=1S/C26H34N4O4S2/c1-6-11-29-22(28-12-9-10-18(15-28)25(33)34-8-3)19(17(5)20(14-27)23(29)31)13-21-24(32)30(16(4)7-2)26(35)36-21/h13,16,18H,6-12,15H2,1-5H3/b21-13-. The molecule has 0 N–H and O–H groups in total. The molecule has 0 radical (unpaired) electrons. The summed E-state index contributed by atoms with van der Waals surface area (Å²) in [5, 5.41) is 9.83. The van der Waals surface area contributed by atoms with E-state index in [9.17, 15) is 19.6 Å². The number of carbonyl (C=O) groups excluding carboxylic acids is 2. The molecule has 2 aliphatic rings. The Morgan fingerprint density at radius 2 is 2.06 bits per heavy atom. The lowest BCUT2D eigenvalue weighted by molar-refractivity contribution is -0.148. The molecule has 8 nitrogen and oxygen atoms in total. The molecule has 2 saturated heterocycles. The normalized spacial score (nSPS) is 20.1. The molecule has 2 unspecified atom stereocenters. The zero-order valence-electron chi connectivity index (χ0n) is 21.6. The minimum atomic E-state index is -0.352. The molecule has 2 atom stereocenters. The highest BCUT2D eigenvalue weighted by atomic mass is 32.2. The highest BCUT2D eigenvalue weighted by Gasteiger charge is 2.36. The van der Waals surface area contributed by atoms with Crippen LogP contribution in [0.4, 0.5) is 5.82 Å². The van der Waals surface area contributed by atoms with E-state index in [4.69, 9.17) is 17.0 Å². The van der Waals surface area contributed by atoms with Crippen LogP contribution in [0.5, 0.6) is 0 Å². The summed E-state index contributed by atoms with van der Waals surface area (Å²) in [4.78, 5) is 43.4. The van der Waals surface area contributed by atoms with Crippen LogP contribution < -0.4 is 10.5 Å². The summed E-state index contributed by atoms with van der Waals surface area (Å²) in [6.07, 6.45) is 4.70. The van der Waals surface area contributed by atoms with Crippen molar-refractivity contribution in [2.45, 2.75) is 72.9 Å². The number of nitrogens with zero attached hydrogens (tertiary/aromatic N) is 4. The van der Waals surface area contributed by atoms with Gasteiger partial charge in [-0.1, -0.05) is 37.8 Å². The molecular formula is C26H34N4O4S2. The van der Waals surface area contributed by atoms with Crippen LogP contribution in [0.3, 0.4) is 0 Å². The number of thioether (sulfide) groups is 1. The molecule has 2 fully saturated rings. The molecule has 0 aliphatic carbocycles. The van der Waals surface area contributed by atoms with Crippen LogP contribution in [0.15, 0.2) is 9.70 Å². The highest BCUT2D eigenvalue weighted by Crippen LogP contribution is 2.38. The first-order valence-electron chi connectivity index (χ1n) is 12.6. The average molecular weight is 531 g/mol. The topological polar surface area (TPSA) is 95.6 Å². The van der Waals surface area contributed by atoms with Crippen molar-refractivity contribution in [1.82, 2.24) is 9.47 Å². The SMILES string of the molecule is CCCn1c(N2CCCC(C(=O)OCC)C2)c(/C=C2\SC(=S)N(C(C)CC)C2=O)c(C)c(C#N)c1=O. The largest absolute Gasteiger partial charge is 0.466 e. The van der Waals surface area contributed by atoms with Crippen molar-refractivity contribution in [2.24, 2.45) is 5.92 Å². The zero-order valence-corrected chi connectivity index (χ0v) is 23.3. The number of amides is 1. The number of rotatable bonds is 8. The van der Waals surface area contributed by atoms with Gasteiger partial charge in [0.05, 0.1) is 17.4 Å². The van der Waals surface area contributed by atoms with E-state index in [2.05, 4.69) is 6.07 Å². The van der Waals surface area contributed by atoms with Gasteiger partial charge in [-0.2, -0.15) is 5.26 Å². The third kappa shape index (κ3) is 5.37. The predicted molar refractivity (Wildman–Crippen MR) is 147 cm³/mol. The molecule has 0 bridgehead atoms. The van der Waals surface area contributed by atoms with Crippen molar-refractivity contribution in [3.05, 3.63) is 31.9 Å². The molecule has 10 heteroatoms. The molecule has 36 heavy (non-hydrogen) atoms. The van der Waals surface area contributed by atoms with Crippen molar-refractivity contribution >= 4 is 52.1 Å². The monoisotopic (exact) mass is 530 g/mol. The molecule has 0 aromatic carbocycles. The average Bonchev–Trinajstić information content (AvgIpc) is 3.14. The first-order valence-corrected chi connectivity index (χ1v) is 13.8. The van der Waals surface area contributed by atoms with Gasteiger partial charge in [-0.05, 0) is 58.1 Å². The second kappa shape index (κ2) is 12.1. The van der Waals surface area contributed by atoms with Gasteiger partial charge in [0.25, 0.3) is 11.5 Å². The van der Waals surface area contributed by atoms with Gasteiger partial charge in [0.2, 0.25) is 0 Å². The number of hydrogen-bond acceptors (Lipinski definition) is 8. The number of piperidine rings is 1. The van der Waals surface area contributed by atoms with Crippen molar-refractivity contribution in [3.63, 3.8) is 0 Å². The quantitative estimate of drug-likeness (QED) is 0.280. The Morgan fingerprint density at radius 1 is 1.33 bits per heavy atom. The summed E-state index contributed by atoms with van der Waals surface area (Å²) in [5.74, 6) is -0.0788. The number of aromatic nitrogens is 1. The van der Waals surface area contributed by atoms with Gasteiger partial charge in [0.1, 0.15) is 21.8 Å². The van der Waals surface area contributed by atoms with Crippen LogP contribution in [0.2, 0.25) is 0 Å². The maximum absolute atomic E-state index is 13.4. The third-order valence-electron chi connectivity index (χ3n) is 6.77. The van der Waals surface area contributed by atoms with Crippen molar-refractivity contribution in [3.8, 4) is 6.07 Å². The summed E-state index contributed by atoms with van der Waals surface area (Å²) >= 11 is 6.75. The lowest BCUT2D eigenvalue weighted by atomic mass is 9.96. The molecular weight excluding hydrogens is 496 g/mol. The Morgan fingerprint density at radius 3 is 2.67 bits per heavy atom. The first-order chi connectivity index (χ1) is 17.2. The van der Waals surface area contributed by atoms with E-state index in [-0.39, 0.29) is 35.0 Å². The van der Waals surface area contributed by atoms with Gasteiger partial charge in [-0.15, -0.1) is 0 Å². The van der Waals surface area contributed by atoms with E-state index < -0.39 is 0 Å². The fraction of sp³-hybridized carbons (Fsp3) is 0.577. The van der Waals surface area contributed by atoms with E-state index in [0.717, 1.165) is 12.8 Å². The van der Waals surface area contributed by atoms with Crippen LogP contribution in [0.1, 0.15) is 70.1 Å². The van der Waals surface area contributed by atoms with Crippen molar-refractivity contribution < 1.29 is 14.3 Å². The smallest absolute Gasteiger partial charge is 0.310 e. The number of carbonyl (C=O) groups is 2. The van der Waals surface area contributed by atoms with E-state index >= 15 is 0 Å². The van der Waals surface area contributed by atoms with Crippen LogP contribution in [0.25, 0.3) is 6.08 Å². The first kappa shape index (κ1) is 27.9. The highest BCUT2D eigenvalue weighted by molar-refractivity contribution is 8.26. The Hall–Kier alpha value is -2.64. The van der Waals surface area contributed by atoms with Gasteiger partial charge in [0, 0.05) is 31.2 Å². The van der Waals surface area contributed by atoms with Gasteiger partial charge in [0.15, 0.2) is 0 Å². The maximum Gasteiger partial charge on any atom is 0.310 e. The lowest BCUT2D eigenvalue weighted by Crippen LogP contribution is -2.43. The summed E-state index contributed by atoms with van der Waals surface area (Å²) in [7, 11) is 0. The molecule has 0 saturated carbocycles.